The van der Waals surface area contributed by atoms with Crippen LogP contribution in [0, 0.1) is 0 Å². The van der Waals surface area contributed by atoms with Gasteiger partial charge in [-0.3, -0.25) is 34.4 Å². The lowest BCUT2D eigenvalue weighted by Crippen LogP contribution is -2.42. The van der Waals surface area contributed by atoms with Crippen LogP contribution in [0.3, 0.4) is 0 Å². The van der Waals surface area contributed by atoms with E-state index in [0.29, 0.717) is 22.9 Å². The smallest absolute Gasteiger partial charge is 0.313 e. The summed E-state index contributed by atoms with van der Waals surface area (Å²) >= 11 is 1.14. The lowest BCUT2D eigenvalue weighted by Gasteiger charge is -2.09. The lowest BCUT2D eigenvalue weighted by atomic mass is 10.3. The summed E-state index contributed by atoms with van der Waals surface area (Å²) < 4.78 is 4.13. The van der Waals surface area contributed by atoms with Crippen LogP contribution >= 0.6 is 11.8 Å². The van der Waals surface area contributed by atoms with Crippen LogP contribution in [-0.2, 0) is 30.2 Å². The van der Waals surface area contributed by atoms with Crippen LogP contribution in [0.25, 0.3) is 11.2 Å². The number of carbonyl (C=O) groups is 2. The maximum absolute atomic E-state index is 12.6. The fourth-order valence-electron chi connectivity index (χ4n) is 2.45. The van der Waals surface area contributed by atoms with Gasteiger partial charge in [0.05, 0.1) is 5.75 Å². The third kappa shape index (κ3) is 4.41. The zero-order valence-electron chi connectivity index (χ0n) is 15.9. The first-order valence-electron chi connectivity index (χ1n) is 8.68. The van der Waals surface area contributed by atoms with E-state index in [1.54, 1.807) is 18.5 Å². The van der Waals surface area contributed by atoms with E-state index < -0.39 is 17.2 Å². The molecule has 148 valence electrons. The largest absolute Gasteiger partial charge is 0.332 e. The molecule has 0 saturated carbocycles. The van der Waals surface area contributed by atoms with Gasteiger partial charge in [0.25, 0.3) is 5.56 Å². The fraction of sp³-hybridized carbons (Fsp3) is 0.562. The molecule has 0 unspecified atom stereocenters. The minimum absolute atomic E-state index is 0.00764. The highest BCUT2D eigenvalue weighted by molar-refractivity contribution is 7.99. The van der Waals surface area contributed by atoms with Crippen LogP contribution in [0.4, 0.5) is 0 Å². The Bertz CT molecular complexity index is 974. The number of imidazole rings is 1. The number of nitrogens with zero attached hydrogens (tertiary/aromatic N) is 4. The maximum atomic E-state index is 12.6. The number of amides is 2. The predicted octanol–water partition coefficient (Wildman–Crippen LogP) is -0.117. The fourth-order valence-corrected chi connectivity index (χ4v) is 3.28. The van der Waals surface area contributed by atoms with E-state index in [1.165, 1.54) is 11.6 Å². The molecule has 0 aliphatic rings. The second-order valence-electron chi connectivity index (χ2n) is 6.02. The summed E-state index contributed by atoms with van der Waals surface area (Å²) in [5, 5.41) is 0.480. The summed E-state index contributed by atoms with van der Waals surface area (Å²) in [6, 6.07) is 0. The van der Waals surface area contributed by atoms with Gasteiger partial charge in [-0.15, -0.1) is 0 Å². The molecule has 0 fully saturated rings. The number of rotatable bonds is 7. The molecule has 2 amide bonds. The number of thioether (sulfide) groups is 1. The van der Waals surface area contributed by atoms with E-state index in [4.69, 9.17) is 0 Å². The molecule has 2 aromatic rings. The maximum Gasteiger partial charge on any atom is 0.332 e. The summed E-state index contributed by atoms with van der Waals surface area (Å²) in [4.78, 5) is 52.3. The summed E-state index contributed by atoms with van der Waals surface area (Å²) in [6.07, 6.45) is 2.00. The third-order valence-corrected chi connectivity index (χ3v) is 5.02. The highest BCUT2D eigenvalue weighted by Gasteiger charge is 2.19. The van der Waals surface area contributed by atoms with Crippen molar-refractivity contribution in [2.24, 2.45) is 14.1 Å². The van der Waals surface area contributed by atoms with Gasteiger partial charge in [0.1, 0.15) is 0 Å². The zero-order chi connectivity index (χ0) is 20.1. The van der Waals surface area contributed by atoms with Crippen molar-refractivity contribution in [1.82, 2.24) is 29.5 Å². The molecule has 0 spiro atoms. The second kappa shape index (κ2) is 8.89. The second-order valence-corrected chi connectivity index (χ2v) is 6.96. The topological polar surface area (TPSA) is 120 Å². The molecule has 0 radical (unpaired) electrons. The number of nitrogens with one attached hydrogen (secondary N) is 2. The number of hydrogen-bond donors (Lipinski definition) is 2. The average Bonchev–Trinajstić information content (AvgIpc) is 3.03. The van der Waals surface area contributed by atoms with E-state index in [9.17, 15) is 19.2 Å². The monoisotopic (exact) mass is 396 g/mol. The number of aromatic nitrogens is 4. The Labute approximate surface area is 159 Å². The van der Waals surface area contributed by atoms with Crippen molar-refractivity contribution in [3.8, 4) is 0 Å². The molecule has 0 saturated heterocycles. The van der Waals surface area contributed by atoms with Gasteiger partial charge in [-0.1, -0.05) is 32.0 Å². The Morgan fingerprint density at radius 1 is 1.07 bits per heavy atom. The third-order valence-electron chi connectivity index (χ3n) is 4.04. The molecule has 2 aromatic heterocycles. The molecular weight excluding hydrogens is 372 g/mol. The molecule has 0 aliphatic heterocycles. The predicted molar refractivity (Wildman–Crippen MR) is 102 cm³/mol. The standard InChI is InChI=1S/C16H24N6O4S/c1-5-7-8-22-12-13(20(3)16(26)21(4)14(12)25)17-15(22)27-9-11(24)19-18-10(23)6-2/h5-9H2,1-4H3,(H,18,23)(H,19,24). The van der Waals surface area contributed by atoms with Crippen LogP contribution in [0.1, 0.15) is 33.1 Å². The molecule has 11 heteroatoms. The van der Waals surface area contributed by atoms with Crippen molar-refractivity contribution in [3.63, 3.8) is 0 Å². The van der Waals surface area contributed by atoms with Gasteiger partial charge in [0.15, 0.2) is 16.3 Å². The van der Waals surface area contributed by atoms with Crippen molar-refractivity contribution in [1.29, 1.82) is 0 Å². The van der Waals surface area contributed by atoms with Gasteiger partial charge in [-0.2, -0.15) is 0 Å². The molecule has 2 rings (SSSR count). The van der Waals surface area contributed by atoms with Crippen molar-refractivity contribution >= 4 is 34.7 Å². The first-order valence-corrected chi connectivity index (χ1v) is 9.67. The Hall–Kier alpha value is -2.56. The van der Waals surface area contributed by atoms with Crippen molar-refractivity contribution < 1.29 is 9.59 Å². The number of carbonyl (C=O) groups excluding carboxylic acids is 2. The van der Waals surface area contributed by atoms with E-state index in [2.05, 4.69) is 15.8 Å². The minimum atomic E-state index is -0.454. The van der Waals surface area contributed by atoms with Crippen LogP contribution in [0.15, 0.2) is 14.7 Å². The van der Waals surface area contributed by atoms with Gasteiger partial charge >= 0.3 is 5.69 Å². The number of unbranched alkanes of at least 4 members (excludes halogenated alkanes) is 1. The summed E-state index contributed by atoms with van der Waals surface area (Å²) in [5.41, 5.74) is 4.39. The quantitative estimate of drug-likeness (QED) is 0.497. The van der Waals surface area contributed by atoms with E-state index in [-0.39, 0.29) is 18.1 Å². The molecule has 0 atom stereocenters. The highest BCUT2D eigenvalue weighted by atomic mass is 32.2. The number of hydrogen-bond acceptors (Lipinski definition) is 6. The normalized spacial score (nSPS) is 11.0. The molecule has 0 aromatic carbocycles. The summed E-state index contributed by atoms with van der Waals surface area (Å²) in [5.74, 6) is -0.673. The van der Waals surface area contributed by atoms with E-state index in [1.807, 2.05) is 6.92 Å². The first kappa shape index (κ1) is 20.7. The molecule has 2 N–H and O–H groups in total. The van der Waals surface area contributed by atoms with Gasteiger partial charge in [-0.05, 0) is 6.42 Å². The number of aryl methyl sites for hydroxylation is 2. The first-order chi connectivity index (χ1) is 12.8. The summed E-state index contributed by atoms with van der Waals surface area (Å²) in [6.45, 7) is 4.26. The van der Waals surface area contributed by atoms with E-state index in [0.717, 1.165) is 29.2 Å². The number of fused-ring (bicyclic) bond motifs is 1. The lowest BCUT2D eigenvalue weighted by molar-refractivity contribution is -0.127. The summed E-state index contributed by atoms with van der Waals surface area (Å²) in [7, 11) is 2.99. The molecule has 0 bridgehead atoms. The van der Waals surface area contributed by atoms with Gasteiger partial charge in [0, 0.05) is 27.1 Å². The molecule has 27 heavy (non-hydrogen) atoms. The molecule has 2 heterocycles. The van der Waals surface area contributed by atoms with E-state index >= 15 is 0 Å². The Morgan fingerprint density at radius 2 is 1.74 bits per heavy atom. The Morgan fingerprint density at radius 3 is 2.37 bits per heavy atom. The van der Waals surface area contributed by atoms with Crippen LogP contribution < -0.4 is 22.1 Å². The van der Waals surface area contributed by atoms with Crippen LogP contribution in [0.2, 0.25) is 0 Å². The van der Waals surface area contributed by atoms with Crippen molar-refractivity contribution in [3.05, 3.63) is 20.8 Å². The molecule has 0 aliphatic carbocycles. The minimum Gasteiger partial charge on any atom is -0.313 e. The number of hydrazine groups is 1. The SMILES string of the molecule is CCCCn1c(SCC(=O)NNC(=O)CC)nc2c1c(=O)n(C)c(=O)n2C. The molecular formula is C16H24N6O4S. The zero-order valence-corrected chi connectivity index (χ0v) is 16.7. The Balaban J connectivity index is 2.35. The van der Waals surface area contributed by atoms with Crippen molar-refractivity contribution in [2.75, 3.05) is 5.75 Å². The van der Waals surface area contributed by atoms with Gasteiger partial charge < -0.3 is 4.57 Å². The average molecular weight is 396 g/mol. The Kier molecular flexibility index (Phi) is 6.83. The van der Waals surface area contributed by atoms with Gasteiger partial charge in [0.2, 0.25) is 11.8 Å². The van der Waals surface area contributed by atoms with Crippen LogP contribution in [-0.4, -0.2) is 36.3 Å². The van der Waals surface area contributed by atoms with Crippen LogP contribution in [0.5, 0.6) is 0 Å². The van der Waals surface area contributed by atoms with Crippen molar-refractivity contribution in [2.45, 2.75) is 44.8 Å². The molecule has 10 nitrogen and oxygen atoms in total. The van der Waals surface area contributed by atoms with Gasteiger partial charge in [-0.25, -0.2) is 9.78 Å². The highest BCUT2D eigenvalue weighted by Crippen LogP contribution is 2.22.